The zero-order chi connectivity index (χ0) is 26.0. The number of benzene rings is 2. The Morgan fingerprint density at radius 1 is 1.17 bits per heavy atom. The van der Waals surface area contributed by atoms with Crippen molar-refractivity contribution in [2.24, 2.45) is 0 Å². The molecule has 2 aromatic rings. The quantitative estimate of drug-likeness (QED) is 0.356. The molecule has 1 amide bonds. The molecule has 0 atom stereocenters. The molecule has 1 aliphatic rings. The lowest BCUT2D eigenvalue weighted by atomic mass is 9.96. The van der Waals surface area contributed by atoms with Crippen molar-refractivity contribution in [3.63, 3.8) is 0 Å². The predicted octanol–water partition coefficient (Wildman–Crippen LogP) is 4.82. The Bertz CT molecular complexity index is 1200. The number of nitrogens with zero attached hydrogens (tertiary/aromatic N) is 3. The number of thiocarbonyl (C=S) groups is 1. The van der Waals surface area contributed by atoms with E-state index in [0.29, 0.717) is 25.7 Å². The number of nitriles is 1. The SMILES string of the molecule is CNC(=O)c1ccc(N(C(=S)N(C)c2ccc(C#N)c(C(F)(F)F)c2)C2(C=O)CCCC2)cc1F. The summed E-state index contributed by atoms with van der Waals surface area (Å²) in [6.45, 7) is 0. The van der Waals surface area contributed by atoms with E-state index in [1.807, 2.05) is 0 Å². The second-order valence-corrected chi connectivity index (χ2v) is 8.55. The van der Waals surface area contributed by atoms with E-state index in [-0.39, 0.29) is 22.1 Å². The monoisotopic (exact) mass is 506 g/mol. The second-order valence-electron chi connectivity index (χ2n) is 8.19. The minimum absolute atomic E-state index is 0.0350. The minimum Gasteiger partial charge on any atom is -0.355 e. The van der Waals surface area contributed by atoms with Crippen molar-refractivity contribution in [2.45, 2.75) is 37.4 Å². The third-order valence-corrected chi connectivity index (χ3v) is 6.57. The van der Waals surface area contributed by atoms with Crippen molar-refractivity contribution in [1.82, 2.24) is 5.32 Å². The number of carbonyl (C=O) groups is 2. The summed E-state index contributed by atoms with van der Waals surface area (Å²) in [6, 6.07) is 8.48. The second kappa shape index (κ2) is 10.00. The molecular formula is C24H22F4N4O2S. The van der Waals surface area contributed by atoms with Crippen LogP contribution >= 0.6 is 12.2 Å². The lowest BCUT2D eigenvalue weighted by Crippen LogP contribution is -2.56. The molecular weight excluding hydrogens is 484 g/mol. The van der Waals surface area contributed by atoms with Crippen LogP contribution in [0.3, 0.4) is 0 Å². The van der Waals surface area contributed by atoms with Crippen LogP contribution in [0.1, 0.15) is 47.2 Å². The van der Waals surface area contributed by atoms with Crippen LogP contribution in [0.15, 0.2) is 36.4 Å². The van der Waals surface area contributed by atoms with Gasteiger partial charge in [-0.2, -0.15) is 18.4 Å². The van der Waals surface area contributed by atoms with Gasteiger partial charge >= 0.3 is 6.18 Å². The van der Waals surface area contributed by atoms with Gasteiger partial charge in [-0.05, 0) is 61.5 Å². The van der Waals surface area contributed by atoms with Crippen LogP contribution in [0.5, 0.6) is 0 Å². The van der Waals surface area contributed by atoms with Gasteiger partial charge in [0.05, 0.1) is 22.8 Å². The molecule has 1 saturated carbocycles. The molecule has 0 bridgehead atoms. The molecule has 0 unspecified atom stereocenters. The summed E-state index contributed by atoms with van der Waals surface area (Å²) in [5.74, 6) is -1.47. The lowest BCUT2D eigenvalue weighted by molar-refractivity contribution is -0.137. The maximum Gasteiger partial charge on any atom is 0.417 e. The normalized spacial score (nSPS) is 14.7. The smallest absolute Gasteiger partial charge is 0.355 e. The summed E-state index contributed by atoms with van der Waals surface area (Å²) >= 11 is 5.63. The van der Waals surface area contributed by atoms with Gasteiger partial charge in [-0.25, -0.2) is 4.39 Å². The molecule has 184 valence electrons. The van der Waals surface area contributed by atoms with Crippen LogP contribution in [-0.2, 0) is 11.0 Å². The molecule has 35 heavy (non-hydrogen) atoms. The third kappa shape index (κ3) is 4.98. The highest BCUT2D eigenvalue weighted by Crippen LogP contribution is 2.39. The number of hydrogen-bond acceptors (Lipinski definition) is 4. The summed E-state index contributed by atoms with van der Waals surface area (Å²) in [4.78, 5) is 26.9. The lowest BCUT2D eigenvalue weighted by Gasteiger charge is -2.42. The van der Waals surface area contributed by atoms with Gasteiger partial charge in [-0.3, -0.25) is 4.79 Å². The van der Waals surface area contributed by atoms with E-state index in [9.17, 15) is 27.2 Å². The zero-order valence-corrected chi connectivity index (χ0v) is 19.8. The highest BCUT2D eigenvalue weighted by atomic mass is 32.1. The summed E-state index contributed by atoms with van der Waals surface area (Å²) in [6.07, 6.45) is -1.82. The van der Waals surface area contributed by atoms with Gasteiger partial charge in [0, 0.05) is 25.5 Å². The standard InChI is InChI=1S/C24H22F4N4O2S/c1-30-21(34)18-8-7-17(12-20(18)25)32(23(14-33)9-3-4-10-23)22(35)31(2)16-6-5-15(13-29)19(11-16)24(26,27)28/h5-8,11-12,14H,3-4,9-10H2,1-2H3,(H,30,34). The molecule has 1 aliphatic carbocycles. The minimum atomic E-state index is -4.77. The van der Waals surface area contributed by atoms with Crippen LogP contribution in [-0.4, -0.2) is 36.9 Å². The molecule has 3 rings (SSSR count). The molecule has 0 saturated heterocycles. The van der Waals surface area contributed by atoms with Crippen molar-refractivity contribution in [1.29, 1.82) is 5.26 Å². The predicted molar refractivity (Wildman–Crippen MR) is 127 cm³/mol. The van der Waals surface area contributed by atoms with E-state index in [0.717, 1.165) is 24.5 Å². The first kappa shape index (κ1) is 26.1. The Morgan fingerprint density at radius 2 is 1.80 bits per heavy atom. The van der Waals surface area contributed by atoms with Crippen molar-refractivity contribution in [3.05, 3.63) is 58.9 Å². The van der Waals surface area contributed by atoms with Crippen LogP contribution < -0.4 is 15.1 Å². The van der Waals surface area contributed by atoms with E-state index in [4.69, 9.17) is 17.5 Å². The number of alkyl halides is 3. The molecule has 11 heteroatoms. The van der Waals surface area contributed by atoms with Gasteiger partial charge < -0.3 is 19.9 Å². The van der Waals surface area contributed by atoms with E-state index in [1.165, 1.54) is 48.2 Å². The fourth-order valence-electron chi connectivity index (χ4n) is 4.23. The number of hydrogen-bond donors (Lipinski definition) is 1. The zero-order valence-electron chi connectivity index (χ0n) is 18.9. The Balaban J connectivity index is 2.11. The fraction of sp³-hybridized carbons (Fsp3) is 0.333. The molecule has 1 N–H and O–H groups in total. The molecule has 0 spiro atoms. The Kier molecular flexibility index (Phi) is 7.45. The number of anilines is 2. The highest BCUT2D eigenvalue weighted by molar-refractivity contribution is 7.80. The first-order valence-electron chi connectivity index (χ1n) is 10.7. The number of carbonyl (C=O) groups excluding carboxylic acids is 2. The van der Waals surface area contributed by atoms with Crippen molar-refractivity contribution in [3.8, 4) is 6.07 Å². The van der Waals surface area contributed by atoms with Crippen LogP contribution in [0.25, 0.3) is 0 Å². The summed E-state index contributed by atoms with van der Waals surface area (Å²) in [5.41, 5.74) is -2.77. The summed E-state index contributed by atoms with van der Waals surface area (Å²) < 4.78 is 55.4. The van der Waals surface area contributed by atoms with Crippen molar-refractivity contribution < 1.29 is 27.2 Å². The highest BCUT2D eigenvalue weighted by Gasteiger charge is 2.43. The van der Waals surface area contributed by atoms with Crippen LogP contribution in [0, 0.1) is 17.1 Å². The molecule has 0 aromatic heterocycles. The van der Waals surface area contributed by atoms with Gasteiger partial charge in [0.25, 0.3) is 5.91 Å². The van der Waals surface area contributed by atoms with Gasteiger partial charge in [0.15, 0.2) is 5.11 Å². The molecule has 0 aliphatic heterocycles. The van der Waals surface area contributed by atoms with Gasteiger partial charge in [0.1, 0.15) is 17.6 Å². The first-order valence-corrected chi connectivity index (χ1v) is 11.1. The molecule has 6 nitrogen and oxygen atoms in total. The topological polar surface area (TPSA) is 76.4 Å². The van der Waals surface area contributed by atoms with Gasteiger partial charge in [-0.15, -0.1) is 0 Å². The largest absolute Gasteiger partial charge is 0.417 e. The van der Waals surface area contributed by atoms with E-state index >= 15 is 0 Å². The maximum atomic E-state index is 14.8. The molecule has 2 aromatic carbocycles. The number of nitrogens with one attached hydrogen (secondary N) is 1. The molecule has 1 fully saturated rings. The van der Waals surface area contributed by atoms with E-state index in [1.54, 1.807) is 0 Å². The summed E-state index contributed by atoms with van der Waals surface area (Å²) in [7, 11) is 2.79. The molecule has 0 heterocycles. The number of aldehydes is 1. The van der Waals surface area contributed by atoms with Gasteiger partial charge in [0.2, 0.25) is 0 Å². The first-order chi connectivity index (χ1) is 16.5. The van der Waals surface area contributed by atoms with E-state index in [2.05, 4.69) is 5.32 Å². The third-order valence-electron chi connectivity index (χ3n) is 6.11. The van der Waals surface area contributed by atoms with Crippen molar-refractivity contribution >= 4 is 40.9 Å². The van der Waals surface area contributed by atoms with Crippen LogP contribution in [0.2, 0.25) is 0 Å². The molecule has 0 radical (unpaired) electrons. The Morgan fingerprint density at radius 3 is 2.31 bits per heavy atom. The van der Waals surface area contributed by atoms with Gasteiger partial charge in [-0.1, -0.05) is 12.8 Å². The fourth-order valence-corrected chi connectivity index (χ4v) is 4.63. The Labute approximate surface area is 205 Å². The van der Waals surface area contributed by atoms with Crippen molar-refractivity contribution in [2.75, 3.05) is 23.9 Å². The van der Waals surface area contributed by atoms with E-state index < -0.39 is 34.6 Å². The number of halogens is 4. The summed E-state index contributed by atoms with van der Waals surface area (Å²) in [5, 5.41) is 11.4. The maximum absolute atomic E-state index is 14.8. The number of amides is 1. The average Bonchev–Trinajstić information content (AvgIpc) is 3.32. The van der Waals surface area contributed by atoms with Crippen LogP contribution in [0.4, 0.5) is 28.9 Å². The Hall–Kier alpha value is -3.52. The number of rotatable bonds is 5. The average molecular weight is 507 g/mol.